The Morgan fingerprint density at radius 3 is 2.70 bits per heavy atom. The van der Waals surface area contributed by atoms with E-state index in [0.717, 1.165) is 24.9 Å². The molecule has 1 fully saturated rings. The van der Waals surface area contributed by atoms with Crippen LogP contribution in [-0.2, 0) is 13.5 Å². The maximum Gasteiger partial charge on any atom is 0.191 e. The number of aliphatic imine (C=N–C) groups is 1. The minimum atomic E-state index is -0.523. The van der Waals surface area contributed by atoms with Gasteiger partial charge >= 0.3 is 0 Å². The molecule has 1 saturated heterocycles. The molecule has 0 saturated carbocycles. The first-order valence-electron chi connectivity index (χ1n) is 8.70. The van der Waals surface area contributed by atoms with Crippen molar-refractivity contribution >= 4 is 35.6 Å². The Morgan fingerprint density at radius 2 is 2.07 bits per heavy atom. The van der Waals surface area contributed by atoms with Crippen LogP contribution < -0.4 is 15.5 Å². The average Bonchev–Trinajstić information content (AvgIpc) is 3.23. The molecule has 1 unspecified atom stereocenters. The number of guanidine groups is 1. The molecule has 1 aromatic heterocycles. The summed E-state index contributed by atoms with van der Waals surface area (Å²) in [7, 11) is 3.60. The Morgan fingerprint density at radius 1 is 1.33 bits per heavy atom. The van der Waals surface area contributed by atoms with Crippen LogP contribution in [0.5, 0.6) is 0 Å². The standard InChI is InChI=1S/C18H24F2N6.HI/c1-21-18(22-8-6-13-10-23-25(2)11-13)24-14-7-9-26(12-14)17-15(19)4-3-5-16(17)20;/h3-5,10-11,14H,6-9,12H2,1-2H3,(H2,21,22,24);1H. The summed E-state index contributed by atoms with van der Waals surface area (Å²) in [5.41, 5.74) is 1.20. The first-order valence-corrected chi connectivity index (χ1v) is 8.70. The van der Waals surface area contributed by atoms with E-state index in [1.54, 1.807) is 16.6 Å². The lowest BCUT2D eigenvalue weighted by Crippen LogP contribution is -2.45. The van der Waals surface area contributed by atoms with Crippen molar-refractivity contribution in [3.8, 4) is 0 Å². The zero-order valence-electron chi connectivity index (χ0n) is 15.5. The van der Waals surface area contributed by atoms with Crippen molar-refractivity contribution in [2.24, 2.45) is 12.0 Å². The molecule has 9 heteroatoms. The molecule has 148 valence electrons. The molecule has 1 aliphatic heterocycles. The average molecular weight is 490 g/mol. The van der Waals surface area contributed by atoms with Gasteiger partial charge in [0.1, 0.15) is 17.3 Å². The molecular weight excluding hydrogens is 465 g/mol. The molecule has 2 N–H and O–H groups in total. The number of anilines is 1. The summed E-state index contributed by atoms with van der Waals surface area (Å²) >= 11 is 0. The Hall–Kier alpha value is -1.91. The lowest BCUT2D eigenvalue weighted by atomic mass is 10.2. The molecule has 27 heavy (non-hydrogen) atoms. The Labute approximate surface area is 175 Å². The van der Waals surface area contributed by atoms with Gasteiger partial charge in [-0.3, -0.25) is 9.67 Å². The minimum Gasteiger partial charge on any atom is -0.365 e. The first-order chi connectivity index (χ1) is 12.6. The second kappa shape index (κ2) is 9.86. The normalized spacial score (nSPS) is 17.0. The molecule has 6 nitrogen and oxygen atoms in total. The van der Waals surface area contributed by atoms with Crippen molar-refractivity contribution < 1.29 is 8.78 Å². The van der Waals surface area contributed by atoms with E-state index in [4.69, 9.17) is 0 Å². The summed E-state index contributed by atoms with van der Waals surface area (Å²) in [5, 5.41) is 10.7. The summed E-state index contributed by atoms with van der Waals surface area (Å²) in [6.07, 6.45) is 5.45. The Kier molecular flexibility index (Phi) is 7.81. The molecule has 2 aromatic rings. The van der Waals surface area contributed by atoms with Crippen LogP contribution in [0.25, 0.3) is 0 Å². The van der Waals surface area contributed by atoms with E-state index in [2.05, 4.69) is 20.7 Å². The fourth-order valence-corrected chi connectivity index (χ4v) is 3.19. The number of benzene rings is 1. The fraction of sp³-hybridized carbons (Fsp3) is 0.444. The molecule has 1 atom stereocenters. The van der Waals surface area contributed by atoms with Gasteiger partial charge in [-0.25, -0.2) is 8.78 Å². The van der Waals surface area contributed by atoms with Crippen LogP contribution in [-0.4, -0.2) is 48.5 Å². The number of para-hydroxylation sites is 1. The van der Waals surface area contributed by atoms with Crippen molar-refractivity contribution in [3.05, 3.63) is 47.8 Å². The molecule has 2 heterocycles. The maximum absolute atomic E-state index is 13.9. The minimum absolute atomic E-state index is 0. The van der Waals surface area contributed by atoms with Gasteiger partial charge in [-0.15, -0.1) is 24.0 Å². The monoisotopic (exact) mass is 490 g/mol. The second-order valence-corrected chi connectivity index (χ2v) is 6.42. The second-order valence-electron chi connectivity index (χ2n) is 6.42. The number of halogens is 3. The van der Waals surface area contributed by atoms with E-state index in [1.165, 1.54) is 18.2 Å². The van der Waals surface area contributed by atoms with Gasteiger partial charge in [-0.05, 0) is 30.5 Å². The number of hydrogen-bond donors (Lipinski definition) is 2. The third-order valence-electron chi connectivity index (χ3n) is 4.47. The summed E-state index contributed by atoms with van der Waals surface area (Å²) in [6, 6.07) is 4.04. The van der Waals surface area contributed by atoms with Gasteiger partial charge in [0.15, 0.2) is 5.96 Å². The largest absolute Gasteiger partial charge is 0.365 e. The number of hydrogen-bond acceptors (Lipinski definition) is 3. The van der Waals surface area contributed by atoms with Gasteiger partial charge in [-0.1, -0.05) is 6.07 Å². The van der Waals surface area contributed by atoms with Crippen molar-refractivity contribution in [2.45, 2.75) is 18.9 Å². The van der Waals surface area contributed by atoms with Gasteiger partial charge in [-0.2, -0.15) is 5.10 Å². The van der Waals surface area contributed by atoms with Crippen molar-refractivity contribution in [3.63, 3.8) is 0 Å². The molecule has 0 amide bonds. The highest BCUT2D eigenvalue weighted by Crippen LogP contribution is 2.26. The van der Waals surface area contributed by atoms with E-state index in [1.807, 2.05) is 19.4 Å². The van der Waals surface area contributed by atoms with Crippen LogP contribution in [0.1, 0.15) is 12.0 Å². The number of aryl methyl sites for hydroxylation is 1. The van der Waals surface area contributed by atoms with Crippen LogP contribution in [0.3, 0.4) is 0 Å². The highest BCUT2D eigenvalue weighted by Gasteiger charge is 2.27. The van der Waals surface area contributed by atoms with E-state index in [9.17, 15) is 8.78 Å². The summed E-state index contributed by atoms with van der Waals surface area (Å²) in [6.45, 7) is 1.85. The Balaban J connectivity index is 0.00000261. The van der Waals surface area contributed by atoms with Crippen LogP contribution in [0.2, 0.25) is 0 Å². The summed E-state index contributed by atoms with van der Waals surface area (Å²) < 4.78 is 29.7. The number of nitrogens with zero attached hydrogens (tertiary/aromatic N) is 4. The van der Waals surface area contributed by atoms with E-state index < -0.39 is 11.6 Å². The third-order valence-corrected chi connectivity index (χ3v) is 4.47. The van der Waals surface area contributed by atoms with Crippen LogP contribution >= 0.6 is 24.0 Å². The predicted molar refractivity (Wildman–Crippen MR) is 114 cm³/mol. The smallest absolute Gasteiger partial charge is 0.191 e. The number of rotatable bonds is 5. The van der Waals surface area contributed by atoms with E-state index in [-0.39, 0.29) is 35.7 Å². The molecular formula is C18H25F2IN6. The lowest BCUT2D eigenvalue weighted by Gasteiger charge is -2.21. The molecule has 1 aliphatic rings. The zero-order chi connectivity index (χ0) is 18.5. The van der Waals surface area contributed by atoms with Gasteiger partial charge in [0.2, 0.25) is 0 Å². The molecule has 0 aliphatic carbocycles. The SMILES string of the molecule is CN=C(NCCc1cnn(C)c1)NC1CCN(c2c(F)cccc2F)C1.I. The van der Waals surface area contributed by atoms with E-state index >= 15 is 0 Å². The van der Waals surface area contributed by atoms with Crippen LogP contribution in [0, 0.1) is 11.6 Å². The first kappa shape index (κ1) is 21.4. The quantitative estimate of drug-likeness (QED) is 0.384. The molecule has 0 spiro atoms. The molecule has 3 rings (SSSR count). The molecule has 0 bridgehead atoms. The van der Waals surface area contributed by atoms with Gasteiger partial charge in [0, 0.05) is 46.0 Å². The van der Waals surface area contributed by atoms with Crippen LogP contribution in [0.4, 0.5) is 14.5 Å². The van der Waals surface area contributed by atoms with Crippen LogP contribution in [0.15, 0.2) is 35.6 Å². The Bertz CT molecular complexity index is 759. The third kappa shape index (κ3) is 5.53. The van der Waals surface area contributed by atoms with Gasteiger partial charge in [0.05, 0.1) is 6.20 Å². The number of nitrogens with one attached hydrogen (secondary N) is 2. The number of aromatic nitrogens is 2. The highest BCUT2D eigenvalue weighted by molar-refractivity contribution is 14.0. The summed E-state index contributed by atoms with van der Waals surface area (Å²) in [4.78, 5) is 5.97. The van der Waals surface area contributed by atoms with Crippen molar-refractivity contribution in [2.75, 3.05) is 31.6 Å². The highest BCUT2D eigenvalue weighted by atomic mass is 127. The maximum atomic E-state index is 13.9. The van der Waals surface area contributed by atoms with Gasteiger partial charge < -0.3 is 15.5 Å². The lowest BCUT2D eigenvalue weighted by molar-refractivity contribution is 0.576. The van der Waals surface area contributed by atoms with Crippen molar-refractivity contribution in [1.29, 1.82) is 0 Å². The fourth-order valence-electron chi connectivity index (χ4n) is 3.19. The van der Waals surface area contributed by atoms with Gasteiger partial charge in [0.25, 0.3) is 0 Å². The topological polar surface area (TPSA) is 57.5 Å². The molecule has 0 radical (unpaired) electrons. The predicted octanol–water partition coefficient (Wildman–Crippen LogP) is 2.30. The van der Waals surface area contributed by atoms with E-state index in [0.29, 0.717) is 19.0 Å². The van der Waals surface area contributed by atoms with Crippen molar-refractivity contribution in [1.82, 2.24) is 20.4 Å². The molecule has 1 aromatic carbocycles. The zero-order valence-corrected chi connectivity index (χ0v) is 17.8. The summed E-state index contributed by atoms with van der Waals surface area (Å²) in [5.74, 6) is -0.357.